The van der Waals surface area contributed by atoms with Crippen LogP contribution in [0.4, 0.5) is 0 Å². The molecule has 0 aromatic carbocycles. The fourth-order valence-corrected chi connectivity index (χ4v) is 11.3. The first-order valence-electron chi connectivity index (χ1n) is 6.92. The molecule has 2 rings (SSSR count). The van der Waals surface area contributed by atoms with Crippen LogP contribution in [0.15, 0.2) is 47.6 Å². The first-order chi connectivity index (χ1) is 9.56. The second kappa shape index (κ2) is 7.79. The molecule has 2 nitrogen and oxygen atoms in total. The number of nitrogens with zero attached hydrogens (tertiary/aromatic N) is 2. The van der Waals surface area contributed by atoms with Crippen LogP contribution in [0, 0.1) is 0 Å². The maximum atomic E-state index is 2.41. The summed E-state index contributed by atoms with van der Waals surface area (Å²) in [6.07, 6.45) is 14.0. The summed E-state index contributed by atoms with van der Waals surface area (Å²) in [5.74, 6) is 0. The number of allylic oxidation sites excluding steroid dienone is 6. The number of likely N-dealkylation sites (N-methyl/N-ethyl adjacent to an activating group) is 2. The van der Waals surface area contributed by atoms with E-state index >= 15 is 0 Å². The fourth-order valence-electron chi connectivity index (χ4n) is 2.32. The van der Waals surface area contributed by atoms with Crippen LogP contribution in [0.25, 0.3) is 0 Å². The van der Waals surface area contributed by atoms with Crippen LogP contribution in [-0.2, 0) is 0 Å². The average molecular weight is 402 g/mol. The third-order valence-electron chi connectivity index (χ3n) is 3.18. The fraction of sp³-hybridized carbons (Fsp3) is 0.500. The first-order valence-corrected chi connectivity index (χ1v) is 13.2. The molecule has 0 bridgehead atoms. The van der Waals surface area contributed by atoms with Crippen LogP contribution >= 0.6 is 0 Å². The standard InChI is InChI=1S/C16H24N2Se2/c1-17(2)11-13-7-5-9-15(13)19-20-16-10-6-8-14(16)12-18(3)4/h5-10,15-16H,11-12H2,1-4H3. The van der Waals surface area contributed by atoms with Crippen molar-refractivity contribution in [1.29, 1.82) is 0 Å². The Labute approximate surface area is 134 Å². The summed E-state index contributed by atoms with van der Waals surface area (Å²) in [7, 11) is 8.63. The Morgan fingerprint density at radius 3 is 1.55 bits per heavy atom. The van der Waals surface area contributed by atoms with E-state index in [1.54, 1.807) is 11.1 Å². The van der Waals surface area contributed by atoms with Gasteiger partial charge in [0.15, 0.2) is 0 Å². The third kappa shape index (κ3) is 4.73. The number of hydrogen-bond donors (Lipinski definition) is 0. The van der Waals surface area contributed by atoms with Gasteiger partial charge in [-0.3, -0.25) is 0 Å². The summed E-state index contributed by atoms with van der Waals surface area (Å²) in [5, 5.41) is 0. The molecule has 0 aromatic heterocycles. The van der Waals surface area contributed by atoms with Crippen molar-refractivity contribution < 1.29 is 0 Å². The molecule has 110 valence electrons. The van der Waals surface area contributed by atoms with Crippen molar-refractivity contribution in [2.45, 2.75) is 9.63 Å². The zero-order valence-electron chi connectivity index (χ0n) is 12.7. The maximum absolute atomic E-state index is 2.41. The second-order valence-electron chi connectivity index (χ2n) is 5.76. The zero-order valence-corrected chi connectivity index (χ0v) is 16.2. The van der Waals surface area contributed by atoms with E-state index in [4.69, 9.17) is 0 Å². The Hall–Kier alpha value is -0.0810. The molecular formula is C16H24N2Se2. The van der Waals surface area contributed by atoms with Crippen molar-refractivity contribution in [1.82, 2.24) is 9.80 Å². The van der Waals surface area contributed by atoms with Gasteiger partial charge < -0.3 is 0 Å². The SMILES string of the molecule is CN(C)CC1=CC=CC1[Se][Se]C1C=CC=C1CN(C)C. The van der Waals surface area contributed by atoms with E-state index < -0.39 is 0 Å². The van der Waals surface area contributed by atoms with Gasteiger partial charge in [-0.25, -0.2) is 0 Å². The Balaban J connectivity index is 1.83. The van der Waals surface area contributed by atoms with Crippen LogP contribution in [-0.4, -0.2) is 77.3 Å². The van der Waals surface area contributed by atoms with Gasteiger partial charge in [-0.2, -0.15) is 0 Å². The number of rotatable bonds is 7. The number of hydrogen-bond acceptors (Lipinski definition) is 2. The minimum absolute atomic E-state index is 0.715. The van der Waals surface area contributed by atoms with Crippen LogP contribution in [0.5, 0.6) is 0 Å². The second-order valence-corrected chi connectivity index (χ2v) is 12.9. The molecule has 2 atom stereocenters. The van der Waals surface area contributed by atoms with Crippen LogP contribution in [0.3, 0.4) is 0 Å². The van der Waals surface area contributed by atoms with Crippen molar-refractivity contribution in [3.8, 4) is 0 Å². The monoisotopic (exact) mass is 404 g/mol. The van der Waals surface area contributed by atoms with E-state index in [-0.39, 0.29) is 0 Å². The molecule has 0 saturated carbocycles. The van der Waals surface area contributed by atoms with Crippen molar-refractivity contribution in [2.75, 3.05) is 41.3 Å². The molecule has 0 radical (unpaired) electrons. The van der Waals surface area contributed by atoms with Gasteiger partial charge in [0.1, 0.15) is 0 Å². The first kappa shape index (κ1) is 16.3. The third-order valence-corrected chi connectivity index (χ3v) is 11.9. The van der Waals surface area contributed by atoms with Gasteiger partial charge in [0.05, 0.1) is 0 Å². The predicted molar refractivity (Wildman–Crippen MR) is 90.6 cm³/mol. The van der Waals surface area contributed by atoms with E-state index in [1.807, 2.05) is 0 Å². The van der Waals surface area contributed by atoms with E-state index in [1.165, 1.54) is 0 Å². The molecule has 2 aliphatic rings. The molecule has 0 aliphatic heterocycles. The molecular weight excluding hydrogens is 378 g/mol. The van der Waals surface area contributed by atoms with E-state index in [0.717, 1.165) is 22.7 Å². The zero-order chi connectivity index (χ0) is 14.5. The van der Waals surface area contributed by atoms with Crippen molar-refractivity contribution in [2.24, 2.45) is 0 Å². The van der Waals surface area contributed by atoms with Crippen LogP contribution in [0.1, 0.15) is 0 Å². The topological polar surface area (TPSA) is 6.48 Å². The van der Waals surface area contributed by atoms with Gasteiger partial charge >= 0.3 is 135 Å². The van der Waals surface area contributed by atoms with Gasteiger partial charge in [0, 0.05) is 0 Å². The predicted octanol–water partition coefficient (Wildman–Crippen LogP) is 2.00. The quantitative estimate of drug-likeness (QED) is 0.602. The Morgan fingerprint density at radius 2 is 1.20 bits per heavy atom. The Kier molecular flexibility index (Phi) is 6.35. The van der Waals surface area contributed by atoms with Crippen molar-refractivity contribution in [3.05, 3.63) is 47.6 Å². The molecule has 0 spiro atoms. The molecule has 4 heteroatoms. The molecule has 20 heavy (non-hydrogen) atoms. The normalized spacial score (nSPS) is 24.9. The Morgan fingerprint density at radius 1 is 0.800 bits per heavy atom. The molecule has 0 aromatic rings. The van der Waals surface area contributed by atoms with Crippen molar-refractivity contribution in [3.63, 3.8) is 0 Å². The Bertz CT molecular complexity index is 405. The molecule has 0 heterocycles. The molecule has 0 amide bonds. The van der Waals surface area contributed by atoms with Gasteiger partial charge in [-0.1, -0.05) is 0 Å². The summed E-state index contributed by atoms with van der Waals surface area (Å²) in [6, 6.07) is 0. The molecule has 0 saturated heterocycles. The minimum atomic E-state index is 0.715. The summed E-state index contributed by atoms with van der Waals surface area (Å²) in [5.41, 5.74) is 3.22. The van der Waals surface area contributed by atoms with Gasteiger partial charge in [0.2, 0.25) is 0 Å². The average Bonchev–Trinajstić information content (AvgIpc) is 2.95. The van der Waals surface area contributed by atoms with Crippen molar-refractivity contribution >= 4 is 26.3 Å². The van der Waals surface area contributed by atoms with E-state index in [0.29, 0.717) is 26.3 Å². The van der Waals surface area contributed by atoms with Gasteiger partial charge in [-0.05, 0) is 0 Å². The van der Waals surface area contributed by atoms with Crippen LogP contribution in [0.2, 0.25) is 9.63 Å². The van der Waals surface area contributed by atoms with E-state index in [9.17, 15) is 0 Å². The molecule has 2 aliphatic carbocycles. The van der Waals surface area contributed by atoms with Crippen LogP contribution < -0.4 is 0 Å². The van der Waals surface area contributed by atoms with E-state index in [2.05, 4.69) is 74.4 Å². The summed E-state index contributed by atoms with van der Waals surface area (Å²) < 4.78 is 0. The summed E-state index contributed by atoms with van der Waals surface area (Å²) >= 11 is 1.43. The molecule has 0 fully saturated rings. The van der Waals surface area contributed by atoms with Gasteiger partial charge in [0.25, 0.3) is 0 Å². The molecule has 2 unspecified atom stereocenters. The molecule has 0 N–H and O–H groups in total. The summed E-state index contributed by atoms with van der Waals surface area (Å²) in [4.78, 5) is 6.03. The summed E-state index contributed by atoms with van der Waals surface area (Å²) in [6.45, 7) is 2.22. The van der Waals surface area contributed by atoms with Gasteiger partial charge in [-0.15, -0.1) is 0 Å².